The fraction of sp³-hybridized carbons (Fsp3) is 0.222. The molecule has 3 aromatic carbocycles. The van der Waals surface area contributed by atoms with E-state index < -0.39 is 33.7 Å². The number of carbonyl (C=O) groups is 3. The van der Waals surface area contributed by atoms with Gasteiger partial charge in [-0.25, -0.2) is 18.4 Å². The third-order valence-electron chi connectivity index (χ3n) is 6.87. The summed E-state index contributed by atoms with van der Waals surface area (Å²) in [5.74, 6) is -0.895. The van der Waals surface area contributed by atoms with Crippen molar-refractivity contribution >= 4 is 45.2 Å². The first-order chi connectivity index (χ1) is 18.5. The van der Waals surface area contributed by atoms with Gasteiger partial charge in [-0.15, -0.1) is 0 Å². The molecule has 0 bridgehead atoms. The summed E-state index contributed by atoms with van der Waals surface area (Å²) in [5.41, 5.74) is 1.19. The molecular weight excluding hydrogens is 544 g/mol. The minimum absolute atomic E-state index is 0.0941. The minimum atomic E-state index is -3.92. The van der Waals surface area contributed by atoms with Crippen molar-refractivity contribution in [3.8, 4) is 0 Å². The van der Waals surface area contributed by atoms with E-state index in [4.69, 9.17) is 21.5 Å². The van der Waals surface area contributed by atoms with E-state index in [1.807, 2.05) is 30.3 Å². The van der Waals surface area contributed by atoms with Gasteiger partial charge < -0.3 is 15.0 Å². The van der Waals surface area contributed by atoms with Gasteiger partial charge in [0, 0.05) is 35.5 Å². The van der Waals surface area contributed by atoms with E-state index >= 15 is 0 Å². The van der Waals surface area contributed by atoms with Crippen LogP contribution in [0.4, 0.5) is 10.5 Å². The second-order valence-electron chi connectivity index (χ2n) is 9.49. The highest BCUT2D eigenvalue weighted by Gasteiger charge is 2.49. The van der Waals surface area contributed by atoms with Gasteiger partial charge in [0.05, 0.1) is 17.1 Å². The maximum Gasteiger partial charge on any atom is 0.412 e. The van der Waals surface area contributed by atoms with Crippen LogP contribution in [-0.4, -0.2) is 50.4 Å². The molecule has 39 heavy (non-hydrogen) atoms. The van der Waals surface area contributed by atoms with E-state index in [0.717, 1.165) is 5.56 Å². The zero-order valence-corrected chi connectivity index (χ0v) is 22.2. The number of primary sulfonamides is 1. The van der Waals surface area contributed by atoms with Gasteiger partial charge in [-0.2, -0.15) is 0 Å². The van der Waals surface area contributed by atoms with Crippen LogP contribution in [0.2, 0.25) is 5.02 Å². The number of amides is 3. The molecule has 1 spiro atoms. The molecule has 2 atom stereocenters. The summed E-state index contributed by atoms with van der Waals surface area (Å²) >= 11 is 6.23. The molecule has 12 heteroatoms. The lowest BCUT2D eigenvalue weighted by Gasteiger charge is -2.35. The first-order valence-electron chi connectivity index (χ1n) is 12.1. The number of anilines is 1. The smallest absolute Gasteiger partial charge is 0.412 e. The van der Waals surface area contributed by atoms with Gasteiger partial charge in [-0.1, -0.05) is 41.9 Å². The Morgan fingerprint density at radius 2 is 1.82 bits per heavy atom. The summed E-state index contributed by atoms with van der Waals surface area (Å²) in [6, 6.07) is 18.5. The van der Waals surface area contributed by atoms with Crippen molar-refractivity contribution in [2.24, 2.45) is 5.14 Å². The summed E-state index contributed by atoms with van der Waals surface area (Å²) in [6.07, 6.45) is -0.0368. The minimum Gasteiger partial charge on any atom is -0.436 e. The molecule has 5 rings (SSSR count). The molecule has 10 nitrogen and oxygen atoms in total. The number of rotatable bonds is 6. The Balaban J connectivity index is 1.40. The second kappa shape index (κ2) is 10.3. The van der Waals surface area contributed by atoms with Gasteiger partial charge in [0.1, 0.15) is 6.04 Å². The van der Waals surface area contributed by atoms with Gasteiger partial charge in [0.15, 0.2) is 5.60 Å². The van der Waals surface area contributed by atoms with Crippen LogP contribution in [0.3, 0.4) is 0 Å². The van der Waals surface area contributed by atoms with Gasteiger partial charge in [-0.05, 0) is 48.0 Å². The van der Waals surface area contributed by atoms with E-state index in [1.54, 1.807) is 23.1 Å². The largest absolute Gasteiger partial charge is 0.436 e. The average molecular weight is 569 g/mol. The number of halogens is 1. The standard InChI is InChI=1S/C27H25ClN4O6S/c28-19-8-11-22-21(15-19)27(38-26(35)31-22)12-13-32(16-27)25(34)23(14-17-4-2-1-3-5-17)30-24(33)18-6-9-20(10-7-18)39(29,36)37/h1-11,15,23H,12-14,16H2,(H,30,33)(H,31,35)(H2,29,36,37)/t23-,27?/m0/s1. The molecule has 3 amide bonds. The van der Waals surface area contributed by atoms with Crippen LogP contribution >= 0.6 is 11.6 Å². The maximum atomic E-state index is 13.8. The van der Waals surface area contributed by atoms with Gasteiger partial charge in [0.2, 0.25) is 15.9 Å². The van der Waals surface area contributed by atoms with Crippen molar-refractivity contribution in [1.29, 1.82) is 0 Å². The van der Waals surface area contributed by atoms with E-state index in [2.05, 4.69) is 10.6 Å². The highest BCUT2D eigenvalue weighted by molar-refractivity contribution is 7.89. The molecular formula is C27H25ClN4O6S. The molecule has 3 aromatic rings. The van der Waals surface area contributed by atoms with Gasteiger partial charge in [0.25, 0.3) is 5.91 Å². The normalized spacial score (nSPS) is 19.1. The molecule has 4 N–H and O–H groups in total. The third-order valence-corrected chi connectivity index (χ3v) is 8.04. The molecule has 1 unspecified atom stereocenters. The average Bonchev–Trinajstić information content (AvgIpc) is 3.32. The summed E-state index contributed by atoms with van der Waals surface area (Å²) in [4.78, 5) is 40.7. The van der Waals surface area contributed by atoms with Crippen LogP contribution in [0.15, 0.2) is 77.7 Å². The lowest BCUT2D eigenvalue weighted by Crippen LogP contribution is -2.50. The van der Waals surface area contributed by atoms with Crippen LogP contribution in [0.1, 0.15) is 27.9 Å². The van der Waals surface area contributed by atoms with Gasteiger partial charge in [-0.3, -0.25) is 14.9 Å². The summed E-state index contributed by atoms with van der Waals surface area (Å²) < 4.78 is 28.9. The molecule has 0 aromatic heterocycles. The number of carbonyl (C=O) groups excluding carboxylic acids is 3. The van der Waals surface area contributed by atoms with Crippen LogP contribution in [0.5, 0.6) is 0 Å². The molecule has 0 radical (unpaired) electrons. The lowest BCUT2D eigenvalue weighted by atomic mass is 9.90. The van der Waals surface area contributed by atoms with Crippen molar-refractivity contribution in [3.63, 3.8) is 0 Å². The first kappa shape index (κ1) is 26.7. The van der Waals surface area contributed by atoms with Crippen molar-refractivity contribution in [2.75, 3.05) is 18.4 Å². The third kappa shape index (κ3) is 5.60. The fourth-order valence-corrected chi connectivity index (χ4v) is 5.64. The molecule has 1 fully saturated rings. The van der Waals surface area contributed by atoms with Crippen molar-refractivity contribution in [3.05, 3.63) is 94.5 Å². The number of likely N-dealkylation sites (tertiary alicyclic amines) is 1. The molecule has 2 heterocycles. The Kier molecular flexibility index (Phi) is 7.06. The van der Waals surface area contributed by atoms with Crippen LogP contribution in [0, 0.1) is 0 Å². The monoisotopic (exact) mass is 568 g/mol. The quantitative estimate of drug-likeness (QED) is 0.416. The number of hydrogen-bond acceptors (Lipinski definition) is 6. The first-order valence-corrected chi connectivity index (χ1v) is 14.0. The zero-order chi connectivity index (χ0) is 27.8. The Hall–Kier alpha value is -3.93. The molecule has 1 saturated heterocycles. The Morgan fingerprint density at radius 3 is 2.51 bits per heavy atom. The highest BCUT2D eigenvalue weighted by atomic mass is 35.5. The van der Waals surface area contributed by atoms with Gasteiger partial charge >= 0.3 is 6.09 Å². The number of nitrogens with two attached hydrogens (primary N) is 1. The van der Waals surface area contributed by atoms with E-state index in [9.17, 15) is 22.8 Å². The number of nitrogens with zero attached hydrogens (tertiary/aromatic N) is 1. The van der Waals surface area contributed by atoms with Crippen LogP contribution in [-0.2, 0) is 31.6 Å². The van der Waals surface area contributed by atoms with E-state index in [1.165, 1.54) is 24.3 Å². The number of hydrogen-bond donors (Lipinski definition) is 3. The summed E-state index contributed by atoms with van der Waals surface area (Å²) in [6.45, 7) is 0.388. The van der Waals surface area contributed by atoms with Crippen molar-refractivity contribution in [2.45, 2.75) is 29.4 Å². The highest BCUT2D eigenvalue weighted by Crippen LogP contribution is 2.43. The van der Waals surface area contributed by atoms with Crippen LogP contribution in [0.25, 0.3) is 0 Å². The molecule has 0 saturated carbocycles. The van der Waals surface area contributed by atoms with E-state index in [-0.39, 0.29) is 29.3 Å². The topological polar surface area (TPSA) is 148 Å². The number of benzene rings is 3. The number of ether oxygens (including phenoxy) is 1. The number of fused-ring (bicyclic) bond motifs is 2. The predicted octanol–water partition coefficient (Wildman–Crippen LogP) is 3.02. The predicted molar refractivity (Wildman–Crippen MR) is 144 cm³/mol. The zero-order valence-electron chi connectivity index (χ0n) is 20.6. The van der Waals surface area contributed by atoms with Crippen molar-refractivity contribution in [1.82, 2.24) is 10.2 Å². The van der Waals surface area contributed by atoms with Crippen LogP contribution < -0.4 is 15.8 Å². The molecule has 2 aliphatic heterocycles. The lowest BCUT2D eigenvalue weighted by molar-refractivity contribution is -0.133. The molecule has 0 aliphatic carbocycles. The summed E-state index contributed by atoms with van der Waals surface area (Å²) in [7, 11) is -3.92. The Labute approximate surface area is 230 Å². The Morgan fingerprint density at radius 1 is 1.10 bits per heavy atom. The molecule has 202 valence electrons. The van der Waals surface area contributed by atoms with E-state index in [0.29, 0.717) is 29.2 Å². The Bertz CT molecular complexity index is 1550. The second-order valence-corrected chi connectivity index (χ2v) is 11.5. The molecule has 2 aliphatic rings. The number of nitrogens with one attached hydrogen (secondary N) is 2. The summed E-state index contributed by atoms with van der Waals surface area (Å²) in [5, 5.41) is 11.1. The SMILES string of the molecule is NS(=O)(=O)c1ccc(C(=O)N[C@@H](Cc2ccccc2)C(=O)N2CCC3(C2)OC(=O)Nc2ccc(Cl)cc23)cc1. The maximum absolute atomic E-state index is 13.8. The number of sulfonamides is 1. The fourth-order valence-electron chi connectivity index (χ4n) is 4.95. The van der Waals surface area contributed by atoms with Crippen molar-refractivity contribution < 1.29 is 27.5 Å².